The van der Waals surface area contributed by atoms with Crippen LogP contribution in [0.3, 0.4) is 0 Å². The van der Waals surface area contributed by atoms with E-state index in [-0.39, 0.29) is 6.10 Å². The number of aromatic nitrogens is 2. The van der Waals surface area contributed by atoms with Gasteiger partial charge < -0.3 is 19.8 Å². The van der Waals surface area contributed by atoms with Crippen molar-refractivity contribution in [1.29, 1.82) is 0 Å². The molecule has 0 bridgehead atoms. The van der Waals surface area contributed by atoms with E-state index in [4.69, 9.17) is 31.8 Å². The van der Waals surface area contributed by atoms with Gasteiger partial charge in [0.15, 0.2) is 0 Å². The Morgan fingerprint density at radius 1 is 1.45 bits per heavy atom. The molecule has 1 saturated heterocycles. The molecule has 1 unspecified atom stereocenters. The van der Waals surface area contributed by atoms with E-state index in [1.54, 1.807) is 12.1 Å². The predicted molar refractivity (Wildman–Crippen MR) is 114 cm³/mol. The number of thiazole rings is 1. The van der Waals surface area contributed by atoms with Crippen LogP contribution in [0, 0.1) is 6.92 Å². The van der Waals surface area contributed by atoms with Gasteiger partial charge in [-0.25, -0.2) is 4.98 Å². The number of hydrogen-bond acceptors (Lipinski definition) is 5. The smallest absolute Gasteiger partial charge is 0.250 e. The first-order chi connectivity index (χ1) is 14.0. The topological polar surface area (TPSA) is 79.4 Å². The molecule has 4 rings (SSSR count). The minimum absolute atomic E-state index is 0.143. The summed E-state index contributed by atoms with van der Waals surface area (Å²) >= 11 is 7.51. The Morgan fingerprint density at radius 2 is 2.31 bits per heavy atom. The van der Waals surface area contributed by atoms with Gasteiger partial charge in [0.25, 0.3) is 5.91 Å². The Bertz CT molecular complexity index is 1020. The van der Waals surface area contributed by atoms with Gasteiger partial charge in [-0.3, -0.25) is 4.79 Å². The van der Waals surface area contributed by atoms with E-state index < -0.39 is 5.91 Å². The van der Waals surface area contributed by atoms with Crippen LogP contribution in [0.5, 0.6) is 5.75 Å². The summed E-state index contributed by atoms with van der Waals surface area (Å²) in [7, 11) is 0. The minimum Gasteiger partial charge on any atom is -0.486 e. The minimum atomic E-state index is -0.436. The fraction of sp³-hybridized carbons (Fsp3) is 0.333. The molecule has 0 aliphatic carbocycles. The van der Waals surface area contributed by atoms with E-state index in [0.717, 1.165) is 41.5 Å². The lowest BCUT2D eigenvalue weighted by molar-refractivity contribution is 0.0961. The monoisotopic (exact) mass is 431 g/mol. The molecule has 1 amide bonds. The molecule has 8 heteroatoms. The molecule has 1 fully saturated rings. The Labute approximate surface area is 178 Å². The number of halogens is 1. The number of carbonyl (C=O) groups is 1. The number of amides is 1. The van der Waals surface area contributed by atoms with Crippen molar-refractivity contribution in [3.8, 4) is 17.1 Å². The van der Waals surface area contributed by atoms with Gasteiger partial charge in [0.2, 0.25) is 0 Å². The summed E-state index contributed by atoms with van der Waals surface area (Å²) < 4.78 is 13.7. The molecule has 0 saturated carbocycles. The zero-order chi connectivity index (χ0) is 20.4. The molecule has 3 heterocycles. The first-order valence-corrected chi connectivity index (χ1v) is 10.7. The lowest BCUT2D eigenvalue weighted by Gasteiger charge is -2.15. The van der Waals surface area contributed by atoms with Gasteiger partial charge in [0.1, 0.15) is 17.4 Å². The van der Waals surface area contributed by atoms with Crippen molar-refractivity contribution in [1.82, 2.24) is 9.55 Å². The van der Waals surface area contributed by atoms with Crippen LogP contribution in [-0.4, -0.2) is 28.2 Å². The highest BCUT2D eigenvalue weighted by Gasteiger charge is 2.23. The van der Waals surface area contributed by atoms with Gasteiger partial charge in [-0.05, 0) is 44.0 Å². The Morgan fingerprint density at radius 3 is 3.03 bits per heavy atom. The molecule has 1 aromatic carbocycles. The number of primary amides is 1. The van der Waals surface area contributed by atoms with E-state index in [9.17, 15) is 4.79 Å². The average Bonchev–Trinajstić information content (AvgIpc) is 3.42. The first kappa shape index (κ1) is 19.9. The molecule has 2 aromatic heterocycles. The number of carbonyl (C=O) groups excluding carboxylic acids is 1. The molecule has 6 nitrogen and oxygen atoms in total. The summed E-state index contributed by atoms with van der Waals surface area (Å²) in [4.78, 5) is 16.6. The van der Waals surface area contributed by atoms with Crippen LogP contribution in [0.1, 0.15) is 33.9 Å². The van der Waals surface area contributed by atoms with Crippen molar-refractivity contribution in [3.05, 3.63) is 57.0 Å². The zero-order valence-electron chi connectivity index (χ0n) is 16.1. The van der Waals surface area contributed by atoms with Gasteiger partial charge >= 0.3 is 0 Å². The van der Waals surface area contributed by atoms with Crippen LogP contribution in [0.15, 0.2) is 35.7 Å². The molecule has 0 spiro atoms. The highest BCUT2D eigenvalue weighted by Crippen LogP contribution is 2.29. The molecule has 3 aromatic rings. The predicted octanol–water partition coefficient (Wildman–Crippen LogP) is 4.43. The van der Waals surface area contributed by atoms with Crippen molar-refractivity contribution in [2.24, 2.45) is 5.73 Å². The van der Waals surface area contributed by atoms with Crippen LogP contribution in [-0.2, 0) is 17.9 Å². The first-order valence-electron chi connectivity index (χ1n) is 9.46. The highest BCUT2D eigenvalue weighted by atomic mass is 35.5. The third kappa shape index (κ3) is 4.47. The summed E-state index contributed by atoms with van der Waals surface area (Å²) in [6.45, 7) is 3.72. The summed E-state index contributed by atoms with van der Waals surface area (Å²) in [6, 6.07) is 9.10. The van der Waals surface area contributed by atoms with Crippen LogP contribution in [0.25, 0.3) is 11.4 Å². The maximum absolute atomic E-state index is 11.9. The van der Waals surface area contributed by atoms with Crippen molar-refractivity contribution < 1.29 is 14.3 Å². The number of benzene rings is 1. The third-order valence-electron chi connectivity index (χ3n) is 5.01. The van der Waals surface area contributed by atoms with Crippen molar-refractivity contribution in [3.63, 3.8) is 0 Å². The summed E-state index contributed by atoms with van der Waals surface area (Å²) in [5.74, 6) is 0.262. The molecule has 2 N–H and O–H groups in total. The normalized spacial score (nSPS) is 16.3. The number of nitrogens with two attached hydrogens (primary N) is 1. The van der Waals surface area contributed by atoms with Crippen molar-refractivity contribution >= 4 is 28.8 Å². The molecule has 1 aliphatic heterocycles. The number of ether oxygens (including phenoxy) is 2. The van der Waals surface area contributed by atoms with E-state index in [1.165, 1.54) is 11.3 Å². The van der Waals surface area contributed by atoms with E-state index in [2.05, 4.69) is 4.57 Å². The summed E-state index contributed by atoms with van der Waals surface area (Å²) in [5, 5.41) is 3.44. The second-order valence-corrected chi connectivity index (χ2v) is 8.39. The summed E-state index contributed by atoms with van der Waals surface area (Å²) in [5.41, 5.74) is 8.61. The Hall–Kier alpha value is -2.35. The quantitative estimate of drug-likeness (QED) is 0.600. The van der Waals surface area contributed by atoms with Crippen LogP contribution < -0.4 is 10.5 Å². The second-order valence-electron chi connectivity index (χ2n) is 7.01. The van der Waals surface area contributed by atoms with E-state index in [0.29, 0.717) is 29.5 Å². The van der Waals surface area contributed by atoms with Crippen molar-refractivity contribution in [2.45, 2.75) is 39.0 Å². The lowest BCUT2D eigenvalue weighted by Crippen LogP contribution is -2.18. The van der Waals surface area contributed by atoms with E-state index in [1.807, 2.05) is 30.5 Å². The van der Waals surface area contributed by atoms with Crippen LogP contribution in [0.2, 0.25) is 5.02 Å². The largest absolute Gasteiger partial charge is 0.486 e. The zero-order valence-corrected chi connectivity index (χ0v) is 17.6. The van der Waals surface area contributed by atoms with Gasteiger partial charge in [-0.2, -0.15) is 0 Å². The fourth-order valence-electron chi connectivity index (χ4n) is 3.53. The second kappa shape index (κ2) is 8.57. The van der Waals surface area contributed by atoms with Gasteiger partial charge in [0, 0.05) is 29.2 Å². The maximum Gasteiger partial charge on any atom is 0.250 e. The van der Waals surface area contributed by atoms with Crippen LogP contribution in [0.4, 0.5) is 0 Å². The Balaban J connectivity index is 1.57. The van der Waals surface area contributed by atoms with Crippen LogP contribution >= 0.6 is 22.9 Å². The number of rotatable bonds is 7. The molecule has 152 valence electrons. The van der Waals surface area contributed by atoms with Gasteiger partial charge in [-0.15, -0.1) is 11.3 Å². The third-order valence-corrected chi connectivity index (χ3v) is 6.07. The van der Waals surface area contributed by atoms with Crippen molar-refractivity contribution in [2.75, 3.05) is 6.61 Å². The van der Waals surface area contributed by atoms with E-state index >= 15 is 0 Å². The highest BCUT2D eigenvalue weighted by molar-refractivity contribution is 7.09. The average molecular weight is 432 g/mol. The fourth-order valence-corrected chi connectivity index (χ4v) is 4.41. The molecular formula is C21H22ClN3O3S. The maximum atomic E-state index is 11.9. The molecule has 1 atom stereocenters. The van der Waals surface area contributed by atoms with Gasteiger partial charge in [-0.1, -0.05) is 17.7 Å². The molecule has 0 radical (unpaired) electrons. The SMILES string of the molecule is Cc1c(C(N)=O)cc(-c2csc(COc3cccc(Cl)c3)n2)n1CC1CCCO1. The standard InChI is InChI=1S/C21H22ClN3O3S/c1-13-17(21(23)26)9-19(25(13)10-16-6-3-7-27-16)18-12-29-20(24-18)11-28-15-5-2-4-14(22)8-15/h2,4-5,8-9,12,16H,3,6-7,10-11H2,1H3,(H2,23,26). The molecule has 1 aliphatic rings. The Kier molecular flexibility index (Phi) is 5.89. The molecule has 29 heavy (non-hydrogen) atoms. The lowest BCUT2D eigenvalue weighted by atomic mass is 10.2. The summed E-state index contributed by atoms with van der Waals surface area (Å²) in [6.07, 6.45) is 2.22. The van der Waals surface area contributed by atoms with Gasteiger partial charge in [0.05, 0.1) is 23.1 Å². The molecular weight excluding hydrogens is 410 g/mol. The number of nitrogens with zero attached hydrogens (tertiary/aromatic N) is 2. The number of hydrogen-bond donors (Lipinski definition) is 1.